The monoisotopic (exact) mass is 332 g/mol. The lowest BCUT2D eigenvalue weighted by Crippen LogP contribution is -2.47. The van der Waals surface area contributed by atoms with Crippen LogP contribution in [0.1, 0.15) is 25.6 Å². The minimum absolute atomic E-state index is 0.0173. The number of carbonyl (C=O) groups is 1. The Labute approximate surface area is 128 Å². The highest BCUT2D eigenvalue weighted by Crippen LogP contribution is 2.13. The minimum Gasteiger partial charge on any atom is -0.375 e. The number of sulfone groups is 1. The molecule has 2 heterocycles. The van der Waals surface area contributed by atoms with Gasteiger partial charge < -0.3 is 14.2 Å². The van der Waals surface area contributed by atoms with Crippen LogP contribution in [-0.2, 0) is 20.3 Å². The van der Waals surface area contributed by atoms with Crippen molar-refractivity contribution < 1.29 is 22.5 Å². The van der Waals surface area contributed by atoms with Crippen LogP contribution in [0, 0.1) is 0 Å². The second kappa shape index (κ2) is 7.05. The number of anilines is 1. The average molecular weight is 332 g/mol. The Hall–Kier alpha value is -1.68. The molecule has 1 aromatic rings. The number of nitrogens with zero attached hydrogens (tertiary/aromatic N) is 3. The molecule has 124 valence electrons. The number of hydrogen-bond donors (Lipinski definition) is 1. The van der Waals surface area contributed by atoms with E-state index in [1.54, 1.807) is 4.90 Å². The van der Waals surface area contributed by atoms with Crippen LogP contribution in [0.4, 0.5) is 10.8 Å². The van der Waals surface area contributed by atoms with Crippen molar-refractivity contribution in [2.75, 3.05) is 31.3 Å². The Balaban J connectivity index is 1.91. The van der Waals surface area contributed by atoms with Gasteiger partial charge in [-0.3, -0.25) is 5.32 Å². The van der Waals surface area contributed by atoms with Gasteiger partial charge >= 0.3 is 12.0 Å². The number of aromatic nitrogens is 2. The van der Waals surface area contributed by atoms with E-state index in [-0.39, 0.29) is 29.7 Å². The molecule has 1 fully saturated rings. The molecule has 0 aromatic carbocycles. The largest absolute Gasteiger partial charge is 0.375 e. The molecule has 1 atom stereocenters. The summed E-state index contributed by atoms with van der Waals surface area (Å²) in [5.41, 5.74) is 0. The summed E-state index contributed by atoms with van der Waals surface area (Å²) in [5.74, 6) is -0.314. The zero-order valence-corrected chi connectivity index (χ0v) is 13.4. The smallest absolute Gasteiger partial charge is 0.329 e. The molecule has 1 aliphatic heterocycles. The summed E-state index contributed by atoms with van der Waals surface area (Å²) in [5, 5.41) is 6.00. The minimum atomic E-state index is -3.25. The van der Waals surface area contributed by atoms with E-state index in [2.05, 4.69) is 22.4 Å². The van der Waals surface area contributed by atoms with Gasteiger partial charge in [0.2, 0.25) is 0 Å². The lowest BCUT2D eigenvalue weighted by molar-refractivity contribution is -0.0163. The lowest BCUT2D eigenvalue weighted by Gasteiger charge is -2.32. The molecule has 0 spiro atoms. The maximum Gasteiger partial charge on any atom is 0.329 e. The Kier molecular flexibility index (Phi) is 5.35. The summed E-state index contributed by atoms with van der Waals surface area (Å²) in [6.07, 6.45) is 2.98. The van der Waals surface area contributed by atoms with Crippen molar-refractivity contribution in [3.8, 4) is 0 Å². The van der Waals surface area contributed by atoms with Crippen LogP contribution in [0.15, 0.2) is 4.52 Å². The number of hydrogen-bond acceptors (Lipinski definition) is 7. The third-order valence-corrected chi connectivity index (χ3v) is 3.89. The fourth-order valence-electron chi connectivity index (χ4n) is 2.17. The van der Waals surface area contributed by atoms with Gasteiger partial charge in [-0.05, 0) is 6.42 Å². The molecule has 1 N–H and O–H groups in total. The predicted octanol–water partition coefficient (Wildman–Crippen LogP) is 0.647. The number of nitrogens with one attached hydrogen (secondary N) is 1. The zero-order valence-electron chi connectivity index (χ0n) is 12.6. The molecule has 10 heteroatoms. The molecule has 2 amide bonds. The lowest BCUT2D eigenvalue weighted by atomic mass is 10.2. The molecule has 1 unspecified atom stereocenters. The van der Waals surface area contributed by atoms with Crippen LogP contribution >= 0.6 is 0 Å². The standard InChI is InChI=1S/C12H20N4O5S/c1-3-4-9-7-16(5-6-20-9)12(17)14-11-13-10(15-21-11)8-22(2,18)19/h9H,3-8H2,1-2H3,(H,13,14,15,17). The normalized spacial score (nSPS) is 19.2. The van der Waals surface area contributed by atoms with Gasteiger partial charge in [0.1, 0.15) is 5.75 Å². The molecule has 1 aliphatic rings. The number of ether oxygens (including phenoxy) is 1. The van der Waals surface area contributed by atoms with Crippen LogP contribution in [-0.4, -0.2) is 61.5 Å². The fourth-order valence-corrected chi connectivity index (χ4v) is 2.76. The number of rotatable bonds is 5. The summed E-state index contributed by atoms with van der Waals surface area (Å²) < 4.78 is 32.7. The van der Waals surface area contributed by atoms with E-state index in [0.29, 0.717) is 19.7 Å². The maximum atomic E-state index is 12.1. The first-order chi connectivity index (χ1) is 10.4. The number of carbonyl (C=O) groups excluding carboxylic acids is 1. The molecule has 0 bridgehead atoms. The van der Waals surface area contributed by atoms with Crippen LogP contribution < -0.4 is 5.32 Å². The Morgan fingerprint density at radius 3 is 2.95 bits per heavy atom. The Bertz CT molecular complexity index is 613. The van der Waals surface area contributed by atoms with Crippen molar-refractivity contribution in [3.05, 3.63) is 5.82 Å². The second-order valence-corrected chi connectivity index (χ2v) is 7.38. The summed E-state index contributed by atoms with van der Waals surface area (Å²) >= 11 is 0. The maximum absolute atomic E-state index is 12.1. The van der Waals surface area contributed by atoms with Crippen LogP contribution in [0.5, 0.6) is 0 Å². The van der Waals surface area contributed by atoms with E-state index in [9.17, 15) is 13.2 Å². The zero-order chi connectivity index (χ0) is 16.2. The van der Waals surface area contributed by atoms with Crippen molar-refractivity contribution in [2.24, 2.45) is 0 Å². The summed E-state index contributed by atoms with van der Waals surface area (Å²) in [6, 6.07) is -0.471. The number of urea groups is 1. The Morgan fingerprint density at radius 1 is 1.50 bits per heavy atom. The van der Waals surface area contributed by atoms with E-state index in [0.717, 1.165) is 19.1 Å². The van der Waals surface area contributed by atoms with Crippen molar-refractivity contribution in [3.63, 3.8) is 0 Å². The van der Waals surface area contributed by atoms with E-state index in [1.165, 1.54) is 0 Å². The van der Waals surface area contributed by atoms with E-state index in [4.69, 9.17) is 9.26 Å². The highest BCUT2D eigenvalue weighted by atomic mass is 32.2. The first kappa shape index (κ1) is 16.7. The van der Waals surface area contributed by atoms with Gasteiger partial charge in [-0.2, -0.15) is 4.98 Å². The van der Waals surface area contributed by atoms with Crippen LogP contribution in [0.2, 0.25) is 0 Å². The van der Waals surface area contributed by atoms with Gasteiger partial charge in [0.15, 0.2) is 15.7 Å². The van der Waals surface area contributed by atoms with E-state index in [1.807, 2.05) is 0 Å². The summed E-state index contributed by atoms with van der Waals surface area (Å²) in [4.78, 5) is 17.6. The number of amides is 2. The average Bonchev–Trinajstić information content (AvgIpc) is 2.84. The quantitative estimate of drug-likeness (QED) is 0.841. The van der Waals surface area contributed by atoms with Crippen molar-refractivity contribution in [2.45, 2.75) is 31.6 Å². The molecule has 0 radical (unpaired) electrons. The molecule has 1 saturated heterocycles. The summed E-state index contributed by atoms with van der Waals surface area (Å²) in [7, 11) is -3.25. The third kappa shape index (κ3) is 4.95. The number of morpholine rings is 1. The van der Waals surface area contributed by atoms with E-state index >= 15 is 0 Å². The molecular weight excluding hydrogens is 312 g/mol. The molecule has 0 saturated carbocycles. The molecule has 0 aliphatic carbocycles. The summed E-state index contributed by atoms with van der Waals surface area (Å²) in [6.45, 7) is 3.53. The highest BCUT2D eigenvalue weighted by molar-refractivity contribution is 7.89. The SMILES string of the molecule is CCCC1CN(C(=O)Nc2nc(CS(C)(=O)=O)no2)CCO1. The van der Waals surface area contributed by atoms with Gasteiger partial charge in [-0.15, -0.1) is 0 Å². The van der Waals surface area contributed by atoms with Gasteiger partial charge in [0.25, 0.3) is 0 Å². The Morgan fingerprint density at radius 2 is 2.27 bits per heavy atom. The van der Waals surface area contributed by atoms with Crippen LogP contribution in [0.25, 0.3) is 0 Å². The van der Waals surface area contributed by atoms with Crippen LogP contribution in [0.3, 0.4) is 0 Å². The fraction of sp³-hybridized carbons (Fsp3) is 0.750. The predicted molar refractivity (Wildman–Crippen MR) is 78.1 cm³/mol. The molecule has 1 aromatic heterocycles. The molecular formula is C12H20N4O5S. The topological polar surface area (TPSA) is 115 Å². The van der Waals surface area contributed by atoms with Gasteiger partial charge in [-0.25, -0.2) is 13.2 Å². The van der Waals surface area contributed by atoms with Gasteiger partial charge in [0.05, 0.1) is 12.7 Å². The van der Waals surface area contributed by atoms with Gasteiger partial charge in [0, 0.05) is 19.3 Å². The van der Waals surface area contributed by atoms with Gasteiger partial charge in [-0.1, -0.05) is 18.5 Å². The molecule has 2 rings (SSSR count). The van der Waals surface area contributed by atoms with Crippen molar-refractivity contribution >= 4 is 21.9 Å². The second-order valence-electron chi connectivity index (χ2n) is 5.24. The van der Waals surface area contributed by atoms with Crippen molar-refractivity contribution in [1.29, 1.82) is 0 Å². The first-order valence-electron chi connectivity index (χ1n) is 7.05. The molecule has 22 heavy (non-hydrogen) atoms. The van der Waals surface area contributed by atoms with E-state index < -0.39 is 9.84 Å². The third-order valence-electron chi connectivity index (χ3n) is 3.11. The highest BCUT2D eigenvalue weighted by Gasteiger charge is 2.25. The van der Waals surface area contributed by atoms with Crippen molar-refractivity contribution in [1.82, 2.24) is 15.0 Å². The molecule has 9 nitrogen and oxygen atoms in total. The first-order valence-corrected chi connectivity index (χ1v) is 9.11.